The predicted molar refractivity (Wildman–Crippen MR) is 115 cm³/mol. The Balaban J connectivity index is 1.31. The molecule has 0 radical (unpaired) electrons. The van der Waals surface area contributed by atoms with Gasteiger partial charge in [-0.05, 0) is 31.2 Å². The number of carbonyl (C=O) groups excluding carboxylic acids is 1. The average Bonchev–Trinajstić information content (AvgIpc) is 3.19. The lowest BCUT2D eigenvalue weighted by Crippen LogP contribution is -2.46. The Hall–Kier alpha value is -2.83. The lowest BCUT2D eigenvalue weighted by atomic mass is 10.2. The second kappa shape index (κ2) is 8.68. The van der Waals surface area contributed by atoms with Crippen LogP contribution in [0.5, 0.6) is 0 Å². The van der Waals surface area contributed by atoms with Gasteiger partial charge in [0.15, 0.2) is 5.69 Å². The molecule has 4 rings (SSSR count). The highest BCUT2D eigenvalue weighted by Crippen LogP contribution is 2.26. The van der Waals surface area contributed by atoms with E-state index >= 15 is 0 Å². The normalized spacial score (nSPS) is 14.8. The summed E-state index contributed by atoms with van der Waals surface area (Å²) in [6.45, 7) is 6.09. The van der Waals surface area contributed by atoms with Gasteiger partial charge in [0.25, 0.3) is 5.91 Å². The number of halogens is 1. The van der Waals surface area contributed by atoms with Gasteiger partial charge < -0.3 is 14.6 Å². The molecule has 0 aliphatic carbocycles. The first-order valence-electron chi connectivity index (χ1n) is 9.63. The number of benzene rings is 2. The van der Waals surface area contributed by atoms with E-state index in [0.717, 1.165) is 48.1 Å². The number of carbonyl (C=O) groups is 1. The molecule has 0 bridgehead atoms. The third kappa shape index (κ3) is 4.78. The fourth-order valence-electron chi connectivity index (χ4n) is 3.37. The first kappa shape index (κ1) is 19.5. The minimum absolute atomic E-state index is 0.271. The van der Waals surface area contributed by atoms with Crippen molar-refractivity contribution in [3.05, 3.63) is 77.0 Å². The highest BCUT2D eigenvalue weighted by molar-refractivity contribution is 6.33. The van der Waals surface area contributed by atoms with Crippen LogP contribution < -0.4 is 10.2 Å². The van der Waals surface area contributed by atoms with Crippen LogP contribution in [0.25, 0.3) is 0 Å². The van der Waals surface area contributed by atoms with Gasteiger partial charge in [0.1, 0.15) is 6.26 Å². The summed E-state index contributed by atoms with van der Waals surface area (Å²) >= 11 is 6.30. The SMILES string of the molecule is Cc1ccc(NC(=O)c2coc(CN3CCN(c4ccccc4Cl)CC3)n2)cc1. The topological polar surface area (TPSA) is 61.6 Å². The van der Waals surface area contributed by atoms with Crippen LogP contribution in [0.4, 0.5) is 11.4 Å². The molecule has 1 aromatic heterocycles. The number of anilines is 2. The smallest absolute Gasteiger partial charge is 0.277 e. The summed E-state index contributed by atoms with van der Waals surface area (Å²) < 4.78 is 5.53. The van der Waals surface area contributed by atoms with Crippen molar-refractivity contribution in [2.45, 2.75) is 13.5 Å². The van der Waals surface area contributed by atoms with Gasteiger partial charge in [0.2, 0.25) is 5.89 Å². The predicted octanol–water partition coefficient (Wildman–Crippen LogP) is 4.21. The van der Waals surface area contributed by atoms with Crippen molar-refractivity contribution in [3.63, 3.8) is 0 Å². The summed E-state index contributed by atoms with van der Waals surface area (Å²) in [6.07, 6.45) is 1.42. The van der Waals surface area contributed by atoms with Crippen LogP contribution >= 0.6 is 11.6 Å². The largest absolute Gasteiger partial charge is 0.447 e. The van der Waals surface area contributed by atoms with Gasteiger partial charge in [0, 0.05) is 31.9 Å². The maximum absolute atomic E-state index is 12.4. The van der Waals surface area contributed by atoms with Gasteiger partial charge in [-0.15, -0.1) is 0 Å². The van der Waals surface area contributed by atoms with E-state index in [4.69, 9.17) is 16.0 Å². The summed E-state index contributed by atoms with van der Waals surface area (Å²) in [4.78, 5) is 21.3. The lowest BCUT2D eigenvalue weighted by Gasteiger charge is -2.35. The molecule has 150 valence electrons. The van der Waals surface area contributed by atoms with Crippen molar-refractivity contribution >= 4 is 28.9 Å². The lowest BCUT2D eigenvalue weighted by molar-refractivity contribution is 0.102. The minimum Gasteiger partial charge on any atom is -0.447 e. The Morgan fingerprint density at radius 3 is 2.55 bits per heavy atom. The Morgan fingerprint density at radius 1 is 1.10 bits per heavy atom. The first-order valence-corrected chi connectivity index (χ1v) is 10.0. The van der Waals surface area contributed by atoms with E-state index in [-0.39, 0.29) is 11.6 Å². The average molecular weight is 411 g/mol. The number of para-hydroxylation sites is 1. The molecule has 2 heterocycles. The van der Waals surface area contributed by atoms with Crippen molar-refractivity contribution in [2.24, 2.45) is 0 Å². The van der Waals surface area contributed by atoms with Gasteiger partial charge in [-0.2, -0.15) is 0 Å². The molecule has 1 N–H and O–H groups in total. The highest BCUT2D eigenvalue weighted by Gasteiger charge is 2.21. The van der Waals surface area contributed by atoms with E-state index in [0.29, 0.717) is 12.4 Å². The molecule has 1 amide bonds. The van der Waals surface area contributed by atoms with E-state index in [2.05, 4.69) is 20.1 Å². The van der Waals surface area contributed by atoms with E-state index in [1.54, 1.807) is 0 Å². The van der Waals surface area contributed by atoms with Crippen molar-refractivity contribution < 1.29 is 9.21 Å². The standard InChI is InChI=1S/C22H23ClN4O2/c1-16-6-8-17(9-7-16)24-22(28)19-15-29-21(25-19)14-26-10-12-27(13-11-26)20-5-3-2-4-18(20)23/h2-9,15H,10-14H2,1H3,(H,24,28). The molecule has 0 unspecified atom stereocenters. The van der Waals surface area contributed by atoms with Crippen LogP contribution in [-0.2, 0) is 6.54 Å². The second-order valence-electron chi connectivity index (χ2n) is 7.16. The van der Waals surface area contributed by atoms with E-state index in [1.165, 1.54) is 6.26 Å². The number of oxazole rings is 1. The van der Waals surface area contributed by atoms with Crippen molar-refractivity contribution in [1.82, 2.24) is 9.88 Å². The fraction of sp³-hybridized carbons (Fsp3) is 0.273. The minimum atomic E-state index is -0.271. The molecule has 3 aromatic rings. The monoisotopic (exact) mass is 410 g/mol. The van der Waals surface area contributed by atoms with Gasteiger partial charge >= 0.3 is 0 Å². The third-order valence-electron chi connectivity index (χ3n) is 5.02. The zero-order valence-corrected chi connectivity index (χ0v) is 17.0. The quantitative estimate of drug-likeness (QED) is 0.682. The molecule has 0 saturated carbocycles. The maximum Gasteiger partial charge on any atom is 0.277 e. The summed E-state index contributed by atoms with van der Waals surface area (Å²) in [5.41, 5.74) is 3.23. The fourth-order valence-corrected chi connectivity index (χ4v) is 3.62. The number of aryl methyl sites for hydroxylation is 1. The number of nitrogens with zero attached hydrogens (tertiary/aromatic N) is 3. The summed E-state index contributed by atoms with van der Waals surface area (Å²) in [5.74, 6) is 0.276. The number of amides is 1. The molecule has 1 aliphatic heterocycles. The number of piperazine rings is 1. The molecule has 1 fully saturated rings. The molecular weight excluding hydrogens is 388 g/mol. The number of nitrogens with one attached hydrogen (secondary N) is 1. The van der Waals surface area contributed by atoms with E-state index in [1.807, 2.05) is 55.5 Å². The van der Waals surface area contributed by atoms with Crippen LogP contribution in [0.1, 0.15) is 21.9 Å². The Morgan fingerprint density at radius 2 is 1.83 bits per heavy atom. The van der Waals surface area contributed by atoms with Crippen molar-refractivity contribution in [3.8, 4) is 0 Å². The maximum atomic E-state index is 12.4. The molecule has 6 nitrogen and oxygen atoms in total. The van der Waals surface area contributed by atoms with Crippen molar-refractivity contribution in [1.29, 1.82) is 0 Å². The van der Waals surface area contributed by atoms with Crippen LogP contribution in [0.3, 0.4) is 0 Å². The van der Waals surface area contributed by atoms with Gasteiger partial charge in [-0.25, -0.2) is 4.98 Å². The van der Waals surface area contributed by atoms with Gasteiger partial charge in [-0.3, -0.25) is 9.69 Å². The molecule has 29 heavy (non-hydrogen) atoms. The number of hydrogen-bond acceptors (Lipinski definition) is 5. The molecule has 2 aromatic carbocycles. The highest BCUT2D eigenvalue weighted by atomic mass is 35.5. The molecule has 0 atom stereocenters. The number of rotatable bonds is 5. The molecule has 1 aliphatic rings. The van der Waals surface area contributed by atoms with E-state index < -0.39 is 0 Å². The summed E-state index contributed by atoms with van der Waals surface area (Å²) in [6, 6.07) is 15.5. The van der Waals surface area contributed by atoms with Crippen LogP contribution in [0.2, 0.25) is 5.02 Å². The van der Waals surface area contributed by atoms with Crippen LogP contribution in [0.15, 0.2) is 59.2 Å². The Kier molecular flexibility index (Phi) is 5.83. The summed E-state index contributed by atoms with van der Waals surface area (Å²) in [5, 5.41) is 3.61. The zero-order valence-electron chi connectivity index (χ0n) is 16.3. The van der Waals surface area contributed by atoms with Crippen molar-refractivity contribution in [2.75, 3.05) is 36.4 Å². The van der Waals surface area contributed by atoms with Gasteiger partial charge in [0.05, 0.1) is 17.3 Å². The number of hydrogen-bond donors (Lipinski definition) is 1. The van der Waals surface area contributed by atoms with Crippen LogP contribution in [0, 0.1) is 6.92 Å². The number of aromatic nitrogens is 1. The van der Waals surface area contributed by atoms with Gasteiger partial charge in [-0.1, -0.05) is 41.4 Å². The molecule has 1 saturated heterocycles. The van der Waals surface area contributed by atoms with E-state index in [9.17, 15) is 4.79 Å². The molecule has 0 spiro atoms. The van der Waals surface area contributed by atoms with Crippen LogP contribution in [-0.4, -0.2) is 42.0 Å². The molecular formula is C22H23ClN4O2. The second-order valence-corrected chi connectivity index (χ2v) is 7.57. The molecule has 7 heteroatoms. The zero-order chi connectivity index (χ0) is 20.2. The Bertz CT molecular complexity index is 978. The Labute approximate surface area is 175 Å². The third-order valence-corrected chi connectivity index (χ3v) is 5.34. The summed E-state index contributed by atoms with van der Waals surface area (Å²) in [7, 11) is 0. The first-order chi connectivity index (χ1) is 14.1.